The predicted molar refractivity (Wildman–Crippen MR) is 130 cm³/mol. The molecule has 3 aromatic rings. The summed E-state index contributed by atoms with van der Waals surface area (Å²) in [5, 5.41) is 21.6. The third-order valence-corrected chi connectivity index (χ3v) is 5.68. The van der Waals surface area contributed by atoms with E-state index in [2.05, 4.69) is 36.1 Å². The van der Waals surface area contributed by atoms with E-state index < -0.39 is 4.92 Å². The van der Waals surface area contributed by atoms with Gasteiger partial charge < -0.3 is 20.1 Å². The van der Waals surface area contributed by atoms with Crippen molar-refractivity contribution in [3.63, 3.8) is 0 Å². The summed E-state index contributed by atoms with van der Waals surface area (Å²) in [6, 6.07) is 11.8. The summed E-state index contributed by atoms with van der Waals surface area (Å²) in [6.07, 6.45) is 7.32. The maximum Gasteiger partial charge on any atom is 0.269 e. The molecule has 5 rings (SSSR count). The Hall–Kier alpha value is -4.48. The first kappa shape index (κ1) is 22.3. The molecule has 12 nitrogen and oxygen atoms in total. The van der Waals surface area contributed by atoms with Gasteiger partial charge in [-0.15, -0.1) is 0 Å². The number of hydrogen-bond acceptors (Lipinski definition) is 11. The van der Waals surface area contributed by atoms with Gasteiger partial charge in [0.15, 0.2) is 11.5 Å². The van der Waals surface area contributed by atoms with Crippen LogP contribution >= 0.6 is 0 Å². The molecular weight excluding hydrogens is 452 g/mol. The maximum atomic E-state index is 10.9. The number of ether oxygens (including phenoxy) is 2. The van der Waals surface area contributed by atoms with Crippen molar-refractivity contribution in [1.29, 1.82) is 0 Å². The minimum Gasteiger partial charge on any atom is -0.454 e. The van der Waals surface area contributed by atoms with Gasteiger partial charge >= 0.3 is 0 Å². The van der Waals surface area contributed by atoms with Gasteiger partial charge in [-0.3, -0.25) is 10.1 Å². The zero-order valence-corrected chi connectivity index (χ0v) is 18.8. The Morgan fingerprint density at radius 3 is 2.49 bits per heavy atom. The van der Waals surface area contributed by atoms with Gasteiger partial charge in [-0.2, -0.15) is 20.1 Å². The molecule has 1 aliphatic heterocycles. The molecule has 0 atom stereocenters. The average Bonchev–Trinajstić information content (AvgIpc) is 3.33. The van der Waals surface area contributed by atoms with Gasteiger partial charge in [-0.25, -0.2) is 5.43 Å². The number of nitrogens with one attached hydrogen (secondary N) is 3. The molecule has 0 saturated heterocycles. The minimum absolute atomic E-state index is 0.00561. The van der Waals surface area contributed by atoms with Gasteiger partial charge in [-0.1, -0.05) is 19.3 Å². The van der Waals surface area contributed by atoms with Crippen LogP contribution in [0.25, 0.3) is 0 Å². The molecule has 35 heavy (non-hydrogen) atoms. The molecule has 12 heteroatoms. The van der Waals surface area contributed by atoms with Crippen LogP contribution in [0.5, 0.6) is 11.5 Å². The Morgan fingerprint density at radius 2 is 1.69 bits per heavy atom. The van der Waals surface area contributed by atoms with Gasteiger partial charge in [0.1, 0.15) is 0 Å². The fourth-order valence-electron chi connectivity index (χ4n) is 3.93. The van der Waals surface area contributed by atoms with E-state index in [1.807, 2.05) is 18.2 Å². The standard InChI is InChI=1S/C23H24N8O4/c32-31(33)18-9-7-17(8-10-18)26-22-27-21(25-16-4-2-1-3-5-16)28-23(29-22)30-24-13-15-6-11-19-20(12-15)35-14-34-19/h6-13,16H,1-5,14H2,(H3,25,26,27,28,29,30)/b24-13+. The SMILES string of the molecule is O=[N+]([O-])c1ccc(Nc2nc(N/N=C/c3ccc4c(c3)OCO4)nc(NC3CCCCC3)n2)cc1. The molecule has 0 amide bonds. The highest BCUT2D eigenvalue weighted by Gasteiger charge is 2.16. The van der Waals surface area contributed by atoms with Crippen LogP contribution in [-0.4, -0.2) is 38.9 Å². The van der Waals surface area contributed by atoms with Crippen molar-refractivity contribution in [2.45, 2.75) is 38.1 Å². The molecule has 2 heterocycles. The zero-order valence-electron chi connectivity index (χ0n) is 18.8. The van der Waals surface area contributed by atoms with Crippen molar-refractivity contribution < 1.29 is 14.4 Å². The van der Waals surface area contributed by atoms with Crippen molar-refractivity contribution in [2.24, 2.45) is 5.10 Å². The molecular formula is C23H24N8O4. The van der Waals surface area contributed by atoms with Gasteiger partial charge in [0.2, 0.25) is 24.6 Å². The molecule has 3 N–H and O–H groups in total. The third kappa shape index (κ3) is 5.72. The first-order chi connectivity index (χ1) is 17.1. The fourth-order valence-corrected chi connectivity index (χ4v) is 3.93. The fraction of sp³-hybridized carbons (Fsp3) is 0.304. The molecule has 2 aliphatic rings. The molecule has 1 aliphatic carbocycles. The Balaban J connectivity index is 1.33. The van der Waals surface area contributed by atoms with E-state index in [0.717, 1.165) is 18.4 Å². The molecule has 180 valence electrons. The number of nitro groups is 1. The Bertz CT molecular complexity index is 1230. The number of rotatable bonds is 8. The largest absolute Gasteiger partial charge is 0.454 e. The Labute approximate surface area is 201 Å². The van der Waals surface area contributed by atoms with E-state index in [9.17, 15) is 10.1 Å². The second-order valence-electron chi connectivity index (χ2n) is 8.20. The molecule has 2 aromatic carbocycles. The van der Waals surface area contributed by atoms with Crippen LogP contribution in [0.3, 0.4) is 0 Å². The number of hydrazone groups is 1. The van der Waals surface area contributed by atoms with Crippen LogP contribution in [-0.2, 0) is 0 Å². The van der Waals surface area contributed by atoms with E-state index in [1.54, 1.807) is 18.3 Å². The summed E-state index contributed by atoms with van der Waals surface area (Å²) in [4.78, 5) is 23.8. The third-order valence-electron chi connectivity index (χ3n) is 5.68. The van der Waals surface area contributed by atoms with Gasteiger partial charge in [-0.05, 0) is 48.7 Å². The highest BCUT2D eigenvalue weighted by Crippen LogP contribution is 2.32. The monoisotopic (exact) mass is 476 g/mol. The Morgan fingerprint density at radius 1 is 0.943 bits per heavy atom. The van der Waals surface area contributed by atoms with Crippen molar-refractivity contribution in [3.05, 3.63) is 58.1 Å². The molecule has 0 unspecified atom stereocenters. The quantitative estimate of drug-likeness (QED) is 0.242. The highest BCUT2D eigenvalue weighted by atomic mass is 16.7. The van der Waals surface area contributed by atoms with E-state index in [-0.39, 0.29) is 24.4 Å². The number of nitrogens with zero attached hydrogens (tertiary/aromatic N) is 5. The number of fused-ring (bicyclic) bond motifs is 1. The molecule has 0 bridgehead atoms. The number of nitro benzene ring substituents is 1. The Kier molecular flexibility index (Phi) is 6.50. The maximum absolute atomic E-state index is 10.9. The highest BCUT2D eigenvalue weighted by molar-refractivity contribution is 5.81. The molecule has 1 saturated carbocycles. The smallest absolute Gasteiger partial charge is 0.269 e. The van der Waals surface area contributed by atoms with Crippen molar-refractivity contribution in [2.75, 3.05) is 22.9 Å². The molecule has 0 radical (unpaired) electrons. The molecule has 0 spiro atoms. The predicted octanol–water partition coefficient (Wildman–Crippen LogP) is 4.44. The summed E-state index contributed by atoms with van der Waals surface area (Å²) in [7, 11) is 0. The lowest BCUT2D eigenvalue weighted by Gasteiger charge is -2.22. The average molecular weight is 476 g/mol. The number of anilines is 4. The lowest BCUT2D eigenvalue weighted by molar-refractivity contribution is -0.384. The lowest BCUT2D eigenvalue weighted by atomic mass is 9.96. The molecule has 1 fully saturated rings. The van der Waals surface area contributed by atoms with E-state index in [4.69, 9.17) is 9.47 Å². The van der Waals surface area contributed by atoms with E-state index in [0.29, 0.717) is 29.2 Å². The van der Waals surface area contributed by atoms with Crippen LogP contribution in [0, 0.1) is 10.1 Å². The summed E-state index contributed by atoms with van der Waals surface area (Å²) >= 11 is 0. The summed E-state index contributed by atoms with van der Waals surface area (Å²) in [5.74, 6) is 2.33. The normalized spacial score (nSPS) is 15.2. The van der Waals surface area contributed by atoms with Crippen molar-refractivity contribution >= 4 is 35.4 Å². The topological polar surface area (TPSA) is 149 Å². The van der Waals surface area contributed by atoms with Crippen LogP contribution < -0.4 is 25.5 Å². The van der Waals surface area contributed by atoms with Crippen LogP contribution in [0.4, 0.5) is 29.2 Å². The minimum atomic E-state index is -0.445. The van der Waals surface area contributed by atoms with E-state index >= 15 is 0 Å². The van der Waals surface area contributed by atoms with Crippen LogP contribution in [0.2, 0.25) is 0 Å². The van der Waals surface area contributed by atoms with Crippen molar-refractivity contribution in [3.8, 4) is 11.5 Å². The zero-order chi connectivity index (χ0) is 24.0. The lowest BCUT2D eigenvalue weighted by Crippen LogP contribution is -2.24. The van der Waals surface area contributed by atoms with Crippen LogP contribution in [0.1, 0.15) is 37.7 Å². The summed E-state index contributed by atoms with van der Waals surface area (Å²) < 4.78 is 10.7. The number of non-ortho nitro benzene ring substituents is 1. The number of aromatic nitrogens is 3. The number of benzene rings is 2. The van der Waals surface area contributed by atoms with Gasteiger partial charge in [0, 0.05) is 23.9 Å². The van der Waals surface area contributed by atoms with Crippen LogP contribution in [0.15, 0.2) is 47.6 Å². The second kappa shape index (κ2) is 10.2. The first-order valence-electron chi connectivity index (χ1n) is 11.4. The second-order valence-corrected chi connectivity index (χ2v) is 8.20. The van der Waals surface area contributed by atoms with Crippen molar-refractivity contribution in [1.82, 2.24) is 15.0 Å². The number of hydrogen-bond donors (Lipinski definition) is 3. The summed E-state index contributed by atoms with van der Waals surface area (Å²) in [5.41, 5.74) is 4.29. The first-order valence-corrected chi connectivity index (χ1v) is 11.4. The van der Waals surface area contributed by atoms with Gasteiger partial charge in [0.25, 0.3) is 5.69 Å². The summed E-state index contributed by atoms with van der Waals surface area (Å²) in [6.45, 7) is 0.209. The van der Waals surface area contributed by atoms with E-state index in [1.165, 1.54) is 31.4 Å². The van der Waals surface area contributed by atoms with Gasteiger partial charge in [0.05, 0.1) is 11.1 Å². The molecule has 1 aromatic heterocycles.